The standard InChI is InChI=1S/C15H18BrNS/c1-10-12(9-13(16)18-10)14(17)15(2,3)11-7-5-4-6-8-11/h4-9,14H,17H2,1-3H3. The van der Waals surface area contributed by atoms with E-state index in [0.29, 0.717) is 0 Å². The molecule has 96 valence electrons. The third kappa shape index (κ3) is 2.53. The normalized spacial score (nSPS) is 13.6. The lowest BCUT2D eigenvalue weighted by atomic mass is 9.75. The van der Waals surface area contributed by atoms with Crippen LogP contribution in [0.5, 0.6) is 0 Å². The lowest BCUT2D eigenvalue weighted by molar-refractivity contribution is 0.420. The number of thiophene rings is 1. The minimum absolute atomic E-state index is 0.00227. The molecule has 2 aromatic rings. The lowest BCUT2D eigenvalue weighted by Crippen LogP contribution is -2.33. The van der Waals surface area contributed by atoms with E-state index in [4.69, 9.17) is 5.73 Å². The number of rotatable bonds is 3. The van der Waals surface area contributed by atoms with Crippen molar-refractivity contribution in [1.29, 1.82) is 0 Å². The molecule has 1 aromatic carbocycles. The van der Waals surface area contributed by atoms with Gasteiger partial charge in [0.15, 0.2) is 0 Å². The predicted octanol–water partition coefficient (Wildman–Crippen LogP) is 4.80. The molecule has 0 aliphatic rings. The van der Waals surface area contributed by atoms with Gasteiger partial charge >= 0.3 is 0 Å². The number of nitrogens with two attached hydrogens (primary N) is 1. The third-order valence-corrected chi connectivity index (χ3v) is 5.13. The molecule has 0 radical (unpaired) electrons. The van der Waals surface area contributed by atoms with Gasteiger partial charge in [0, 0.05) is 16.3 Å². The summed E-state index contributed by atoms with van der Waals surface area (Å²) in [6.45, 7) is 6.54. The molecular formula is C15H18BrNS. The van der Waals surface area contributed by atoms with Crippen molar-refractivity contribution in [2.75, 3.05) is 0 Å². The van der Waals surface area contributed by atoms with Gasteiger partial charge in [-0.2, -0.15) is 0 Å². The van der Waals surface area contributed by atoms with Gasteiger partial charge in [-0.3, -0.25) is 0 Å². The summed E-state index contributed by atoms with van der Waals surface area (Å²) in [6.07, 6.45) is 0. The summed E-state index contributed by atoms with van der Waals surface area (Å²) in [4.78, 5) is 1.29. The van der Waals surface area contributed by atoms with Gasteiger partial charge in [0.2, 0.25) is 0 Å². The second-order valence-corrected chi connectivity index (χ2v) is 7.76. The zero-order valence-corrected chi connectivity index (χ0v) is 13.3. The maximum absolute atomic E-state index is 6.50. The molecule has 0 amide bonds. The van der Waals surface area contributed by atoms with Crippen LogP contribution in [-0.4, -0.2) is 0 Å². The zero-order valence-electron chi connectivity index (χ0n) is 10.9. The number of hydrogen-bond acceptors (Lipinski definition) is 2. The Hall–Kier alpha value is -0.640. The van der Waals surface area contributed by atoms with Crippen LogP contribution in [0.1, 0.15) is 35.9 Å². The van der Waals surface area contributed by atoms with Crippen LogP contribution >= 0.6 is 27.3 Å². The van der Waals surface area contributed by atoms with E-state index in [0.717, 1.165) is 3.79 Å². The van der Waals surface area contributed by atoms with E-state index < -0.39 is 0 Å². The monoisotopic (exact) mass is 323 g/mol. The van der Waals surface area contributed by atoms with Crippen LogP contribution < -0.4 is 5.73 Å². The highest BCUT2D eigenvalue weighted by atomic mass is 79.9. The summed E-state index contributed by atoms with van der Waals surface area (Å²) in [5, 5.41) is 0. The van der Waals surface area contributed by atoms with Crippen LogP contribution in [0.2, 0.25) is 0 Å². The van der Waals surface area contributed by atoms with E-state index in [1.165, 1.54) is 16.0 Å². The van der Waals surface area contributed by atoms with Gasteiger partial charge in [-0.25, -0.2) is 0 Å². The number of aryl methyl sites for hydroxylation is 1. The SMILES string of the molecule is Cc1sc(Br)cc1C(N)C(C)(C)c1ccccc1. The van der Waals surface area contributed by atoms with Gasteiger partial charge in [-0.1, -0.05) is 44.2 Å². The predicted molar refractivity (Wildman–Crippen MR) is 83.2 cm³/mol. The maximum Gasteiger partial charge on any atom is 0.0704 e. The second-order valence-electron chi connectivity index (χ2n) is 5.13. The Labute approximate surface area is 121 Å². The maximum atomic E-state index is 6.50. The van der Waals surface area contributed by atoms with Crippen molar-refractivity contribution < 1.29 is 0 Å². The Morgan fingerprint density at radius 3 is 2.33 bits per heavy atom. The van der Waals surface area contributed by atoms with E-state index >= 15 is 0 Å². The average molecular weight is 324 g/mol. The van der Waals surface area contributed by atoms with E-state index in [1.54, 1.807) is 11.3 Å². The molecule has 18 heavy (non-hydrogen) atoms. The summed E-state index contributed by atoms with van der Waals surface area (Å²) in [6, 6.07) is 12.6. The molecule has 0 aliphatic heterocycles. The van der Waals surface area contributed by atoms with Gasteiger partial charge in [-0.05, 0) is 40.0 Å². The van der Waals surface area contributed by atoms with E-state index in [9.17, 15) is 0 Å². The lowest BCUT2D eigenvalue weighted by Gasteiger charge is -2.32. The Morgan fingerprint density at radius 1 is 1.22 bits per heavy atom. The quantitative estimate of drug-likeness (QED) is 0.862. The van der Waals surface area contributed by atoms with Crippen LogP contribution in [0.15, 0.2) is 40.2 Å². The number of benzene rings is 1. The molecule has 0 aliphatic carbocycles. The first-order chi connectivity index (χ1) is 8.43. The highest BCUT2D eigenvalue weighted by Gasteiger charge is 2.31. The highest BCUT2D eigenvalue weighted by molar-refractivity contribution is 9.11. The van der Waals surface area contributed by atoms with Gasteiger partial charge in [0.25, 0.3) is 0 Å². The minimum Gasteiger partial charge on any atom is -0.323 e. The summed E-state index contributed by atoms with van der Waals surface area (Å²) in [5.74, 6) is 0. The molecule has 1 aromatic heterocycles. The van der Waals surface area contributed by atoms with Crippen molar-refractivity contribution in [3.63, 3.8) is 0 Å². The molecule has 0 bridgehead atoms. The molecule has 0 spiro atoms. The Bertz CT molecular complexity index is 531. The first-order valence-electron chi connectivity index (χ1n) is 6.00. The first-order valence-corrected chi connectivity index (χ1v) is 7.61. The van der Waals surface area contributed by atoms with Gasteiger partial charge < -0.3 is 5.73 Å². The van der Waals surface area contributed by atoms with Gasteiger partial charge in [0.05, 0.1) is 3.79 Å². The number of hydrogen-bond donors (Lipinski definition) is 1. The average Bonchev–Trinajstić information content (AvgIpc) is 2.68. The Morgan fingerprint density at radius 2 is 1.83 bits per heavy atom. The summed E-state index contributed by atoms with van der Waals surface area (Å²) >= 11 is 5.28. The third-order valence-electron chi connectivity index (χ3n) is 3.56. The fraction of sp³-hybridized carbons (Fsp3) is 0.333. The van der Waals surface area contributed by atoms with Crippen LogP contribution in [-0.2, 0) is 5.41 Å². The van der Waals surface area contributed by atoms with Crippen LogP contribution in [0, 0.1) is 6.92 Å². The van der Waals surface area contributed by atoms with Crippen LogP contribution in [0.4, 0.5) is 0 Å². The van der Waals surface area contributed by atoms with E-state index in [-0.39, 0.29) is 11.5 Å². The van der Waals surface area contributed by atoms with E-state index in [1.807, 2.05) is 6.07 Å². The fourth-order valence-corrected chi connectivity index (χ4v) is 3.96. The van der Waals surface area contributed by atoms with Gasteiger partial charge in [-0.15, -0.1) is 11.3 Å². The topological polar surface area (TPSA) is 26.0 Å². The van der Waals surface area contributed by atoms with Crippen LogP contribution in [0.25, 0.3) is 0 Å². The number of halogens is 1. The molecule has 1 atom stereocenters. The van der Waals surface area contributed by atoms with E-state index in [2.05, 4.69) is 67.0 Å². The molecule has 0 fully saturated rings. The largest absolute Gasteiger partial charge is 0.323 e. The fourth-order valence-electron chi connectivity index (χ4n) is 2.20. The van der Waals surface area contributed by atoms with Gasteiger partial charge in [0.1, 0.15) is 0 Å². The molecule has 1 nitrogen and oxygen atoms in total. The Balaban J connectivity index is 2.39. The summed E-state index contributed by atoms with van der Waals surface area (Å²) in [5.41, 5.74) is 8.94. The summed E-state index contributed by atoms with van der Waals surface area (Å²) < 4.78 is 1.15. The molecule has 1 unspecified atom stereocenters. The summed E-state index contributed by atoms with van der Waals surface area (Å²) in [7, 11) is 0. The van der Waals surface area contributed by atoms with Crippen molar-refractivity contribution in [2.45, 2.75) is 32.2 Å². The van der Waals surface area contributed by atoms with Crippen molar-refractivity contribution in [3.05, 3.63) is 56.2 Å². The molecular weight excluding hydrogens is 306 g/mol. The molecule has 1 heterocycles. The van der Waals surface area contributed by atoms with Crippen molar-refractivity contribution in [1.82, 2.24) is 0 Å². The zero-order chi connectivity index (χ0) is 13.3. The smallest absolute Gasteiger partial charge is 0.0704 e. The Kier molecular flexibility index (Phi) is 3.95. The van der Waals surface area contributed by atoms with Crippen molar-refractivity contribution in [2.24, 2.45) is 5.73 Å². The molecule has 2 rings (SSSR count). The molecule has 3 heteroatoms. The molecule has 0 saturated carbocycles. The van der Waals surface area contributed by atoms with Crippen LogP contribution in [0.3, 0.4) is 0 Å². The first kappa shape index (κ1) is 13.8. The minimum atomic E-state index is -0.0769. The van der Waals surface area contributed by atoms with Crippen molar-refractivity contribution in [3.8, 4) is 0 Å². The molecule has 0 saturated heterocycles. The molecule has 2 N–H and O–H groups in total. The van der Waals surface area contributed by atoms with Crippen molar-refractivity contribution >= 4 is 27.3 Å². The highest BCUT2D eigenvalue weighted by Crippen LogP contribution is 2.39. The second kappa shape index (κ2) is 5.16.